The Balaban J connectivity index is 1.36. The molecular formula is C38H51N5O10S. The minimum absolute atomic E-state index is 0.0225. The number of carbonyl (C=O) groups is 4. The summed E-state index contributed by atoms with van der Waals surface area (Å²) in [5.74, 6) is -1.79. The number of nitrogens with zero attached hydrogens (tertiary/aromatic N) is 2. The molecule has 2 aliphatic carbocycles. The van der Waals surface area contributed by atoms with Gasteiger partial charge in [-0.25, -0.2) is 13.2 Å². The normalized spacial score (nSPS) is 29.6. The summed E-state index contributed by atoms with van der Waals surface area (Å²) in [6, 6.07) is 4.75. The second kappa shape index (κ2) is 14.9. The summed E-state index contributed by atoms with van der Waals surface area (Å²) in [5, 5.41) is 16.4. The summed E-state index contributed by atoms with van der Waals surface area (Å²) in [5.41, 5.74) is -1.56. The molecule has 2 aliphatic heterocycles. The van der Waals surface area contributed by atoms with Crippen LogP contribution >= 0.6 is 0 Å². The molecule has 0 unspecified atom stereocenters. The first-order chi connectivity index (χ1) is 25.4. The summed E-state index contributed by atoms with van der Waals surface area (Å²) < 4.78 is 45.3. The van der Waals surface area contributed by atoms with Gasteiger partial charge in [-0.1, -0.05) is 26.0 Å². The molecule has 1 aromatic carbocycles. The van der Waals surface area contributed by atoms with Crippen LogP contribution in [0.25, 0.3) is 10.8 Å². The molecular weight excluding hydrogens is 719 g/mol. The van der Waals surface area contributed by atoms with Crippen molar-refractivity contribution in [2.45, 2.75) is 114 Å². The molecule has 4 amide bonds. The number of allylic oxidation sites excluding steroid dienone is 1. The van der Waals surface area contributed by atoms with Crippen molar-refractivity contribution in [3.05, 3.63) is 36.4 Å². The Bertz CT molecular complexity index is 1950. The fourth-order valence-electron chi connectivity index (χ4n) is 7.59. The van der Waals surface area contributed by atoms with Gasteiger partial charge in [-0.15, -0.1) is 0 Å². The average molecular weight is 770 g/mol. The predicted molar refractivity (Wildman–Crippen MR) is 199 cm³/mol. The molecule has 294 valence electrons. The van der Waals surface area contributed by atoms with Gasteiger partial charge in [-0.05, 0) is 94.7 Å². The van der Waals surface area contributed by atoms with Crippen LogP contribution in [-0.2, 0) is 24.4 Å². The summed E-state index contributed by atoms with van der Waals surface area (Å²) in [4.78, 5) is 60.7. The van der Waals surface area contributed by atoms with E-state index in [4.69, 9.17) is 14.2 Å². The second-order valence-electron chi connectivity index (χ2n) is 15.9. The van der Waals surface area contributed by atoms with Gasteiger partial charge < -0.3 is 34.9 Å². The predicted octanol–water partition coefficient (Wildman–Crippen LogP) is 3.90. The number of carbonyl (C=O) groups excluding carboxylic acids is 3. The third-order valence-corrected chi connectivity index (χ3v) is 13.3. The zero-order chi connectivity index (χ0) is 39.2. The molecule has 7 atom stereocenters. The van der Waals surface area contributed by atoms with Crippen molar-refractivity contribution >= 4 is 44.6 Å². The Kier molecular flexibility index (Phi) is 10.8. The van der Waals surface area contributed by atoms with E-state index in [2.05, 4.69) is 20.3 Å². The first-order valence-electron chi connectivity index (χ1n) is 18.6. The molecule has 0 spiro atoms. The van der Waals surface area contributed by atoms with E-state index in [-0.39, 0.29) is 37.3 Å². The molecule has 3 heterocycles. The third-order valence-electron chi connectivity index (χ3n) is 11.1. The molecule has 2 saturated carbocycles. The lowest BCUT2D eigenvalue weighted by atomic mass is 9.88. The minimum Gasteiger partial charge on any atom is -0.497 e. The van der Waals surface area contributed by atoms with Gasteiger partial charge in [0.05, 0.1) is 24.5 Å². The van der Waals surface area contributed by atoms with Gasteiger partial charge in [0.15, 0.2) is 0 Å². The lowest BCUT2D eigenvalue weighted by molar-refractivity contribution is -0.142. The number of rotatable bonds is 9. The number of fused-ring (bicyclic) bond motifs is 3. The highest BCUT2D eigenvalue weighted by molar-refractivity contribution is 7.91. The van der Waals surface area contributed by atoms with Crippen LogP contribution in [0.1, 0.15) is 79.6 Å². The number of methoxy groups -OCH3 is 1. The number of benzene rings is 1. The van der Waals surface area contributed by atoms with E-state index in [0.29, 0.717) is 42.7 Å². The number of amides is 4. The van der Waals surface area contributed by atoms with E-state index in [1.807, 2.05) is 45.9 Å². The van der Waals surface area contributed by atoms with Crippen molar-refractivity contribution in [3.63, 3.8) is 0 Å². The maximum atomic E-state index is 14.5. The molecule has 4 N–H and O–H groups in total. The largest absolute Gasteiger partial charge is 0.497 e. The van der Waals surface area contributed by atoms with Crippen molar-refractivity contribution in [2.24, 2.45) is 17.8 Å². The minimum atomic E-state index is -4.01. The number of hydrogen-bond donors (Lipinski definition) is 4. The first-order valence-corrected chi connectivity index (χ1v) is 20.1. The molecule has 2 aromatic rings. The van der Waals surface area contributed by atoms with Crippen molar-refractivity contribution in [1.82, 2.24) is 25.2 Å². The molecule has 1 aromatic heterocycles. The zero-order valence-electron chi connectivity index (χ0n) is 31.6. The van der Waals surface area contributed by atoms with Gasteiger partial charge in [-0.3, -0.25) is 19.1 Å². The quantitative estimate of drug-likeness (QED) is 0.270. The first kappa shape index (κ1) is 39.1. The number of hydrogen-bond acceptors (Lipinski definition) is 10. The standard InChI is InChI=1S/C38H51N5O10S/c1-21(2)52-30-17-24-16-26(51-6)11-12-28(24)33(39-30)53-27-18-29-32(44)41-38(35(46)42-54(49,50)37(5)13-14-37)19-25(38)10-8-7-9-22(3)15-23(4)31(40-36(47)48)34(45)43(29)20-27/h8,10-12,16-17,21-23,25,27,29,31,40H,7,9,13-15,18-20H2,1-6H3,(H,41,44)(H,42,46)(H,47,48)/t22-,23+,25+,27+,29-,31-,38+/m0/s1. The van der Waals surface area contributed by atoms with Crippen molar-refractivity contribution in [1.29, 1.82) is 0 Å². The van der Waals surface area contributed by atoms with E-state index in [1.165, 1.54) is 4.90 Å². The van der Waals surface area contributed by atoms with Gasteiger partial charge >= 0.3 is 6.09 Å². The topological polar surface area (TPSA) is 203 Å². The average Bonchev–Trinajstić information content (AvgIpc) is 3.98. The summed E-state index contributed by atoms with van der Waals surface area (Å²) in [7, 11) is -2.46. The monoisotopic (exact) mass is 769 g/mol. The van der Waals surface area contributed by atoms with Crippen LogP contribution < -0.4 is 29.6 Å². The molecule has 0 radical (unpaired) electrons. The molecule has 15 nitrogen and oxygen atoms in total. The van der Waals surface area contributed by atoms with Crippen molar-refractivity contribution in [2.75, 3.05) is 13.7 Å². The Labute approximate surface area is 315 Å². The maximum Gasteiger partial charge on any atom is 0.405 e. The smallest absolute Gasteiger partial charge is 0.405 e. The van der Waals surface area contributed by atoms with Gasteiger partial charge in [0.25, 0.3) is 5.91 Å². The van der Waals surface area contributed by atoms with Crippen LogP contribution in [-0.4, -0.2) is 95.5 Å². The maximum absolute atomic E-state index is 14.5. The number of ether oxygens (including phenoxy) is 3. The Morgan fingerprint density at radius 1 is 1.13 bits per heavy atom. The molecule has 6 rings (SSSR count). The number of pyridine rings is 1. The zero-order valence-corrected chi connectivity index (χ0v) is 32.4. The van der Waals surface area contributed by atoms with Crippen LogP contribution in [0.5, 0.6) is 17.5 Å². The second-order valence-corrected chi connectivity index (χ2v) is 18.1. The van der Waals surface area contributed by atoms with E-state index in [0.717, 1.165) is 11.8 Å². The summed E-state index contributed by atoms with van der Waals surface area (Å²) in [6.45, 7) is 9.04. The molecule has 54 heavy (non-hydrogen) atoms. The summed E-state index contributed by atoms with van der Waals surface area (Å²) in [6.07, 6.45) is 4.31. The van der Waals surface area contributed by atoms with Crippen LogP contribution in [0.4, 0.5) is 4.79 Å². The van der Waals surface area contributed by atoms with Crippen LogP contribution in [0.2, 0.25) is 0 Å². The van der Waals surface area contributed by atoms with Gasteiger partial charge in [0, 0.05) is 23.8 Å². The molecule has 0 bridgehead atoms. The lowest BCUT2D eigenvalue weighted by Gasteiger charge is -2.32. The van der Waals surface area contributed by atoms with Crippen LogP contribution in [0.15, 0.2) is 36.4 Å². The Hall–Kier alpha value is -4.60. The SMILES string of the molecule is COc1ccc2c(O[C@@H]3C[C@H]4C(=O)N[C@]5(C(=O)NS(=O)(=O)C6(C)CC6)C[C@H]5C=CCC[C@H](C)C[C@@H](C)[C@H](NC(=O)O)C(=O)N4C3)nc(OC(C)C)cc2c1. The Morgan fingerprint density at radius 3 is 2.54 bits per heavy atom. The van der Waals surface area contributed by atoms with Crippen LogP contribution in [0.3, 0.4) is 0 Å². The third kappa shape index (κ3) is 8.08. The van der Waals surface area contributed by atoms with E-state index < -0.39 is 74.1 Å². The van der Waals surface area contributed by atoms with E-state index >= 15 is 0 Å². The highest BCUT2D eigenvalue weighted by atomic mass is 32.2. The molecule has 3 fully saturated rings. The number of carboxylic acid groups (broad SMARTS) is 1. The molecule has 4 aliphatic rings. The highest BCUT2D eigenvalue weighted by Crippen LogP contribution is 2.47. The highest BCUT2D eigenvalue weighted by Gasteiger charge is 2.63. The number of nitrogens with one attached hydrogen (secondary N) is 3. The lowest BCUT2D eigenvalue weighted by Crippen LogP contribution is -2.59. The number of sulfonamides is 1. The van der Waals surface area contributed by atoms with Crippen molar-refractivity contribution < 1.29 is 46.9 Å². The van der Waals surface area contributed by atoms with Gasteiger partial charge in [0.1, 0.15) is 29.5 Å². The summed E-state index contributed by atoms with van der Waals surface area (Å²) >= 11 is 0. The van der Waals surface area contributed by atoms with E-state index in [1.54, 1.807) is 32.2 Å². The molecule has 1 saturated heterocycles. The van der Waals surface area contributed by atoms with E-state index in [9.17, 15) is 32.7 Å². The van der Waals surface area contributed by atoms with Gasteiger partial charge in [0.2, 0.25) is 33.6 Å². The fourth-order valence-corrected chi connectivity index (χ4v) is 8.90. The van der Waals surface area contributed by atoms with Gasteiger partial charge in [-0.2, -0.15) is 4.98 Å². The number of aromatic nitrogens is 1. The van der Waals surface area contributed by atoms with Crippen molar-refractivity contribution in [3.8, 4) is 17.5 Å². The molecule has 16 heteroatoms. The fraction of sp³-hybridized carbons (Fsp3) is 0.605. The Morgan fingerprint density at radius 2 is 1.87 bits per heavy atom. The van der Waals surface area contributed by atoms with Crippen LogP contribution in [0, 0.1) is 17.8 Å².